The SMILES string of the molecule is O=C(CN1C(=O)CCC1=O)NCC1CCN(C2CCOCC2)CC1. The van der Waals surface area contributed by atoms with E-state index in [9.17, 15) is 14.4 Å². The van der Waals surface area contributed by atoms with E-state index in [1.807, 2.05) is 0 Å². The van der Waals surface area contributed by atoms with Crippen LogP contribution in [-0.2, 0) is 19.1 Å². The highest BCUT2D eigenvalue weighted by molar-refractivity contribution is 6.04. The second-order valence-electron chi connectivity index (χ2n) is 7.00. The van der Waals surface area contributed by atoms with Crippen molar-refractivity contribution < 1.29 is 19.1 Å². The minimum absolute atomic E-state index is 0.126. The van der Waals surface area contributed by atoms with Crippen LogP contribution in [0.2, 0.25) is 0 Å². The Bertz CT molecular complexity index is 466. The molecule has 0 radical (unpaired) electrons. The third-order valence-corrected chi connectivity index (χ3v) is 5.40. The van der Waals surface area contributed by atoms with Gasteiger partial charge in [-0.25, -0.2) is 0 Å². The molecule has 0 spiro atoms. The standard InChI is InChI=1S/C17H27N3O4/c21-15(12-20-16(22)1-2-17(20)23)18-11-13-3-7-19(8-4-13)14-5-9-24-10-6-14/h13-14H,1-12H2,(H,18,21). The van der Waals surface area contributed by atoms with E-state index in [1.165, 1.54) is 0 Å². The molecule has 0 atom stereocenters. The van der Waals surface area contributed by atoms with Crippen LogP contribution in [0.4, 0.5) is 0 Å². The van der Waals surface area contributed by atoms with Gasteiger partial charge in [-0.1, -0.05) is 0 Å². The van der Waals surface area contributed by atoms with Gasteiger partial charge >= 0.3 is 0 Å². The fraction of sp³-hybridized carbons (Fsp3) is 0.824. The van der Waals surface area contributed by atoms with Crippen molar-refractivity contribution in [1.29, 1.82) is 0 Å². The number of carbonyl (C=O) groups is 3. The number of carbonyl (C=O) groups excluding carboxylic acids is 3. The molecule has 3 aliphatic heterocycles. The molecule has 24 heavy (non-hydrogen) atoms. The monoisotopic (exact) mass is 337 g/mol. The van der Waals surface area contributed by atoms with Gasteiger partial charge < -0.3 is 15.0 Å². The fourth-order valence-corrected chi connectivity index (χ4v) is 3.83. The topological polar surface area (TPSA) is 79.0 Å². The third-order valence-electron chi connectivity index (χ3n) is 5.40. The summed E-state index contributed by atoms with van der Waals surface area (Å²) in [5, 5.41) is 2.89. The van der Waals surface area contributed by atoms with E-state index in [4.69, 9.17) is 4.74 Å². The van der Waals surface area contributed by atoms with E-state index < -0.39 is 0 Å². The van der Waals surface area contributed by atoms with Gasteiger partial charge in [-0.15, -0.1) is 0 Å². The van der Waals surface area contributed by atoms with Crippen molar-refractivity contribution in [2.45, 2.75) is 44.6 Å². The number of ether oxygens (including phenoxy) is 1. The number of hydrogen-bond donors (Lipinski definition) is 1. The molecule has 0 aromatic rings. The highest BCUT2D eigenvalue weighted by Crippen LogP contribution is 2.22. The maximum absolute atomic E-state index is 12.0. The van der Waals surface area contributed by atoms with Gasteiger partial charge in [0.2, 0.25) is 17.7 Å². The maximum atomic E-state index is 12.0. The Morgan fingerprint density at radius 2 is 1.67 bits per heavy atom. The van der Waals surface area contributed by atoms with Crippen LogP contribution in [0.3, 0.4) is 0 Å². The van der Waals surface area contributed by atoms with E-state index >= 15 is 0 Å². The highest BCUT2D eigenvalue weighted by Gasteiger charge is 2.31. The van der Waals surface area contributed by atoms with Gasteiger partial charge in [0, 0.05) is 38.6 Å². The molecular formula is C17H27N3O4. The van der Waals surface area contributed by atoms with Gasteiger partial charge in [-0.3, -0.25) is 19.3 Å². The van der Waals surface area contributed by atoms with Gasteiger partial charge in [-0.2, -0.15) is 0 Å². The summed E-state index contributed by atoms with van der Waals surface area (Å²) in [7, 11) is 0. The molecule has 7 heteroatoms. The van der Waals surface area contributed by atoms with E-state index in [2.05, 4.69) is 10.2 Å². The van der Waals surface area contributed by atoms with Crippen molar-refractivity contribution in [3.05, 3.63) is 0 Å². The Morgan fingerprint density at radius 1 is 1.04 bits per heavy atom. The predicted molar refractivity (Wildman–Crippen MR) is 87.1 cm³/mol. The summed E-state index contributed by atoms with van der Waals surface area (Å²) in [4.78, 5) is 38.6. The zero-order chi connectivity index (χ0) is 16.9. The molecule has 3 heterocycles. The normalized spacial score (nSPS) is 24.6. The number of amides is 3. The summed E-state index contributed by atoms with van der Waals surface area (Å²) < 4.78 is 5.42. The summed E-state index contributed by atoms with van der Waals surface area (Å²) in [5.41, 5.74) is 0. The number of hydrogen-bond acceptors (Lipinski definition) is 5. The molecule has 0 aliphatic carbocycles. The van der Waals surface area contributed by atoms with Gasteiger partial charge in [0.15, 0.2) is 0 Å². The van der Waals surface area contributed by atoms with Gasteiger partial charge in [0.05, 0.1) is 0 Å². The van der Waals surface area contributed by atoms with Crippen LogP contribution in [-0.4, -0.2) is 73.0 Å². The lowest BCUT2D eigenvalue weighted by molar-refractivity contribution is -0.142. The number of rotatable bonds is 5. The molecule has 0 aromatic heterocycles. The number of nitrogens with one attached hydrogen (secondary N) is 1. The van der Waals surface area contributed by atoms with Crippen molar-refractivity contribution >= 4 is 17.7 Å². The molecule has 1 N–H and O–H groups in total. The molecule has 134 valence electrons. The lowest BCUT2D eigenvalue weighted by atomic mass is 9.94. The Hall–Kier alpha value is -1.47. The molecule has 0 bridgehead atoms. The fourth-order valence-electron chi connectivity index (χ4n) is 3.83. The summed E-state index contributed by atoms with van der Waals surface area (Å²) >= 11 is 0. The summed E-state index contributed by atoms with van der Waals surface area (Å²) in [6.07, 6.45) is 4.88. The minimum Gasteiger partial charge on any atom is -0.381 e. The van der Waals surface area contributed by atoms with Crippen LogP contribution in [0.5, 0.6) is 0 Å². The predicted octanol–water partition coefficient (Wildman–Crippen LogP) is 0.143. The largest absolute Gasteiger partial charge is 0.381 e. The van der Waals surface area contributed by atoms with Crippen LogP contribution in [0.15, 0.2) is 0 Å². The molecule has 3 aliphatic rings. The van der Waals surface area contributed by atoms with Crippen molar-refractivity contribution in [2.75, 3.05) is 39.4 Å². The second-order valence-corrected chi connectivity index (χ2v) is 7.00. The first-order valence-electron chi connectivity index (χ1n) is 9.05. The Morgan fingerprint density at radius 3 is 2.29 bits per heavy atom. The molecule has 0 saturated carbocycles. The first kappa shape index (κ1) is 17.4. The van der Waals surface area contributed by atoms with E-state index in [1.54, 1.807) is 0 Å². The Labute approximate surface area is 142 Å². The molecular weight excluding hydrogens is 310 g/mol. The molecule has 3 fully saturated rings. The average Bonchev–Trinajstić information content (AvgIpc) is 2.93. The zero-order valence-electron chi connectivity index (χ0n) is 14.2. The quantitative estimate of drug-likeness (QED) is 0.722. The molecule has 0 aromatic carbocycles. The van der Waals surface area contributed by atoms with Crippen molar-refractivity contribution in [3.63, 3.8) is 0 Å². The van der Waals surface area contributed by atoms with E-state index in [0.717, 1.165) is 56.9 Å². The molecule has 0 unspecified atom stereocenters. The van der Waals surface area contributed by atoms with E-state index in [-0.39, 0.29) is 37.1 Å². The van der Waals surface area contributed by atoms with E-state index in [0.29, 0.717) is 18.5 Å². The van der Waals surface area contributed by atoms with Gasteiger partial charge in [0.1, 0.15) is 6.54 Å². The third kappa shape index (κ3) is 4.33. The first-order valence-corrected chi connectivity index (χ1v) is 9.05. The van der Waals surface area contributed by atoms with Crippen LogP contribution in [0, 0.1) is 5.92 Å². The average molecular weight is 337 g/mol. The van der Waals surface area contributed by atoms with Gasteiger partial charge in [0.25, 0.3) is 0 Å². The molecule has 3 amide bonds. The number of imide groups is 1. The molecule has 3 rings (SSSR count). The lowest BCUT2D eigenvalue weighted by Crippen LogP contribution is -2.46. The van der Waals surface area contributed by atoms with Crippen molar-refractivity contribution in [2.24, 2.45) is 5.92 Å². The van der Waals surface area contributed by atoms with Crippen LogP contribution < -0.4 is 5.32 Å². The zero-order valence-corrected chi connectivity index (χ0v) is 14.2. The van der Waals surface area contributed by atoms with Crippen molar-refractivity contribution in [1.82, 2.24) is 15.1 Å². The molecule has 7 nitrogen and oxygen atoms in total. The highest BCUT2D eigenvalue weighted by atomic mass is 16.5. The number of piperidine rings is 1. The smallest absolute Gasteiger partial charge is 0.240 e. The Kier molecular flexibility index (Phi) is 5.84. The summed E-state index contributed by atoms with van der Waals surface area (Å²) in [6.45, 7) is 4.40. The first-order chi connectivity index (χ1) is 11.6. The lowest BCUT2D eigenvalue weighted by Gasteiger charge is -2.39. The second kappa shape index (κ2) is 8.07. The minimum atomic E-state index is -0.236. The van der Waals surface area contributed by atoms with Crippen molar-refractivity contribution in [3.8, 4) is 0 Å². The summed E-state index contributed by atoms with van der Waals surface area (Å²) in [6, 6.07) is 0.654. The number of likely N-dealkylation sites (tertiary alicyclic amines) is 2. The van der Waals surface area contributed by atoms with Gasteiger partial charge in [-0.05, 0) is 44.7 Å². The molecule has 3 saturated heterocycles. The van der Waals surface area contributed by atoms with Crippen LogP contribution in [0.25, 0.3) is 0 Å². The maximum Gasteiger partial charge on any atom is 0.240 e. The Balaban J connectivity index is 1.35. The summed E-state index contributed by atoms with van der Waals surface area (Å²) in [5.74, 6) is -0.222. The van der Waals surface area contributed by atoms with Crippen LogP contribution >= 0.6 is 0 Å². The van der Waals surface area contributed by atoms with Crippen LogP contribution in [0.1, 0.15) is 38.5 Å². The number of nitrogens with zero attached hydrogens (tertiary/aromatic N) is 2.